The summed E-state index contributed by atoms with van der Waals surface area (Å²) in [7, 11) is 0. The van der Waals surface area contributed by atoms with Crippen LogP contribution in [0.5, 0.6) is 0 Å². The number of alkyl halides is 1. The topological polar surface area (TPSA) is 23.6 Å². The number of halogens is 3. The van der Waals surface area contributed by atoms with Gasteiger partial charge in [-0.1, -0.05) is 23.7 Å². The van der Waals surface area contributed by atoms with Crippen LogP contribution in [-0.2, 0) is 11.3 Å². The minimum absolute atomic E-state index is 0. The molecule has 1 fully saturated rings. The summed E-state index contributed by atoms with van der Waals surface area (Å²) >= 11 is 11.5. The number of rotatable bonds is 3. The van der Waals surface area contributed by atoms with Crippen LogP contribution in [0.15, 0.2) is 24.3 Å². The van der Waals surface area contributed by atoms with Crippen LogP contribution in [0.25, 0.3) is 0 Å². The first-order chi connectivity index (χ1) is 8.69. The van der Waals surface area contributed by atoms with Crippen LogP contribution >= 0.6 is 35.6 Å². The van der Waals surface area contributed by atoms with Crippen LogP contribution < -0.4 is 0 Å². The highest BCUT2D eigenvalue weighted by Gasteiger charge is 2.20. The number of benzene rings is 1. The summed E-state index contributed by atoms with van der Waals surface area (Å²) in [4.78, 5) is 15.6. The molecule has 1 aliphatic rings. The van der Waals surface area contributed by atoms with Crippen molar-refractivity contribution >= 4 is 41.5 Å². The number of amides is 1. The molecule has 0 unspecified atom stereocenters. The molecule has 0 atom stereocenters. The van der Waals surface area contributed by atoms with Crippen LogP contribution in [0.4, 0.5) is 0 Å². The van der Waals surface area contributed by atoms with E-state index >= 15 is 0 Å². The lowest BCUT2D eigenvalue weighted by Crippen LogP contribution is -2.48. The van der Waals surface area contributed by atoms with Gasteiger partial charge < -0.3 is 4.90 Å². The Morgan fingerprint density at radius 3 is 2.47 bits per heavy atom. The lowest BCUT2D eigenvalue weighted by molar-refractivity contribution is -0.130. The Balaban J connectivity index is 0.00000180. The number of hydrogen-bond acceptors (Lipinski definition) is 2. The van der Waals surface area contributed by atoms with E-state index < -0.39 is 0 Å². The smallest absolute Gasteiger partial charge is 0.237 e. The van der Waals surface area contributed by atoms with Gasteiger partial charge in [0.1, 0.15) is 5.88 Å². The van der Waals surface area contributed by atoms with E-state index in [9.17, 15) is 4.79 Å². The van der Waals surface area contributed by atoms with Gasteiger partial charge in [0.05, 0.1) is 0 Å². The highest BCUT2D eigenvalue weighted by Crippen LogP contribution is 2.14. The molecule has 0 aliphatic carbocycles. The molecule has 0 aromatic heterocycles. The second-order valence-corrected chi connectivity index (χ2v) is 5.12. The maximum atomic E-state index is 11.4. The quantitative estimate of drug-likeness (QED) is 0.798. The zero-order chi connectivity index (χ0) is 13.0. The third-order valence-corrected chi connectivity index (χ3v) is 3.60. The third-order valence-electron chi connectivity index (χ3n) is 3.13. The summed E-state index contributed by atoms with van der Waals surface area (Å²) in [5.41, 5.74) is 1.21. The molecule has 19 heavy (non-hydrogen) atoms. The molecule has 1 heterocycles. The van der Waals surface area contributed by atoms with E-state index in [2.05, 4.69) is 11.0 Å². The van der Waals surface area contributed by atoms with Gasteiger partial charge >= 0.3 is 0 Å². The van der Waals surface area contributed by atoms with Gasteiger partial charge in [-0.3, -0.25) is 9.69 Å². The largest absolute Gasteiger partial charge is 0.339 e. The highest BCUT2D eigenvalue weighted by atomic mass is 35.5. The maximum absolute atomic E-state index is 11.4. The first-order valence-corrected chi connectivity index (χ1v) is 6.91. The van der Waals surface area contributed by atoms with Gasteiger partial charge in [-0.2, -0.15) is 0 Å². The molecule has 1 aliphatic heterocycles. The van der Waals surface area contributed by atoms with Gasteiger partial charge in [0.15, 0.2) is 0 Å². The monoisotopic (exact) mass is 322 g/mol. The summed E-state index contributed by atoms with van der Waals surface area (Å²) < 4.78 is 0. The van der Waals surface area contributed by atoms with E-state index in [1.807, 2.05) is 23.1 Å². The lowest BCUT2D eigenvalue weighted by atomic mass is 10.2. The van der Waals surface area contributed by atoms with Crippen molar-refractivity contribution in [1.82, 2.24) is 9.80 Å². The molecule has 1 amide bonds. The molecular weight excluding hydrogens is 307 g/mol. The zero-order valence-electron chi connectivity index (χ0n) is 10.5. The summed E-state index contributed by atoms with van der Waals surface area (Å²) in [5, 5.41) is 0.767. The van der Waals surface area contributed by atoms with Gasteiger partial charge in [-0.05, 0) is 17.7 Å². The SMILES string of the molecule is Cl.O=C(CCl)N1CCN(Cc2cccc(Cl)c2)CC1. The Morgan fingerprint density at radius 2 is 1.89 bits per heavy atom. The van der Waals surface area contributed by atoms with Crippen molar-refractivity contribution < 1.29 is 4.79 Å². The Bertz CT molecular complexity index is 420. The van der Waals surface area contributed by atoms with E-state index in [4.69, 9.17) is 23.2 Å². The van der Waals surface area contributed by atoms with Crippen molar-refractivity contribution in [2.45, 2.75) is 6.54 Å². The molecule has 3 nitrogen and oxygen atoms in total. The van der Waals surface area contributed by atoms with Crippen LogP contribution in [0, 0.1) is 0 Å². The molecular formula is C13H17Cl3N2O. The number of piperazine rings is 1. The molecule has 0 spiro atoms. The van der Waals surface area contributed by atoms with Gasteiger partial charge in [0.2, 0.25) is 5.91 Å². The van der Waals surface area contributed by atoms with Crippen molar-refractivity contribution in [2.75, 3.05) is 32.1 Å². The minimum Gasteiger partial charge on any atom is -0.339 e. The maximum Gasteiger partial charge on any atom is 0.237 e. The van der Waals surface area contributed by atoms with Gasteiger partial charge in [-0.25, -0.2) is 0 Å². The molecule has 1 saturated heterocycles. The summed E-state index contributed by atoms with van der Waals surface area (Å²) in [6.45, 7) is 4.16. The van der Waals surface area contributed by atoms with Crippen molar-refractivity contribution in [3.63, 3.8) is 0 Å². The highest BCUT2D eigenvalue weighted by molar-refractivity contribution is 6.30. The number of nitrogens with zero attached hydrogens (tertiary/aromatic N) is 2. The normalized spacial score (nSPS) is 16.0. The van der Waals surface area contributed by atoms with Crippen LogP contribution in [0.3, 0.4) is 0 Å². The van der Waals surface area contributed by atoms with Crippen molar-refractivity contribution in [3.05, 3.63) is 34.9 Å². The zero-order valence-corrected chi connectivity index (χ0v) is 12.8. The molecule has 6 heteroatoms. The van der Waals surface area contributed by atoms with E-state index in [1.54, 1.807) is 0 Å². The first kappa shape index (κ1) is 16.6. The first-order valence-electron chi connectivity index (χ1n) is 5.99. The Hall–Kier alpha value is -0.480. The number of carbonyl (C=O) groups is 1. The lowest BCUT2D eigenvalue weighted by Gasteiger charge is -2.34. The number of carbonyl (C=O) groups excluding carboxylic acids is 1. The van der Waals surface area contributed by atoms with Crippen molar-refractivity contribution in [2.24, 2.45) is 0 Å². The Labute approximate surface area is 129 Å². The van der Waals surface area contributed by atoms with Crippen molar-refractivity contribution in [1.29, 1.82) is 0 Å². The summed E-state index contributed by atoms with van der Waals surface area (Å²) in [6.07, 6.45) is 0. The average Bonchev–Trinajstić information content (AvgIpc) is 2.39. The predicted molar refractivity (Wildman–Crippen MR) is 81.3 cm³/mol. The molecule has 106 valence electrons. The van der Waals surface area contributed by atoms with Gasteiger partial charge in [0.25, 0.3) is 0 Å². The van der Waals surface area contributed by atoms with Crippen LogP contribution in [0.1, 0.15) is 5.56 Å². The molecule has 0 N–H and O–H groups in total. The third kappa shape index (κ3) is 4.84. The second-order valence-electron chi connectivity index (χ2n) is 4.42. The summed E-state index contributed by atoms with van der Waals surface area (Å²) in [6, 6.07) is 7.90. The fourth-order valence-electron chi connectivity index (χ4n) is 2.13. The summed E-state index contributed by atoms with van der Waals surface area (Å²) in [5.74, 6) is 0.105. The van der Waals surface area contributed by atoms with E-state index in [0.717, 1.165) is 37.7 Å². The standard InChI is InChI=1S/C13H16Cl2N2O.ClH/c14-9-13(18)17-6-4-16(5-7-17)10-11-2-1-3-12(15)8-11;/h1-3,8H,4-7,9-10H2;1H. The molecule has 2 rings (SSSR count). The van der Waals surface area contributed by atoms with Crippen molar-refractivity contribution in [3.8, 4) is 0 Å². The van der Waals surface area contributed by atoms with E-state index in [0.29, 0.717) is 0 Å². The molecule has 1 aromatic carbocycles. The van der Waals surface area contributed by atoms with Gasteiger partial charge in [0, 0.05) is 37.7 Å². The Morgan fingerprint density at radius 1 is 1.21 bits per heavy atom. The fourth-order valence-corrected chi connectivity index (χ4v) is 2.52. The van der Waals surface area contributed by atoms with E-state index in [1.165, 1.54) is 5.56 Å². The molecule has 0 bridgehead atoms. The Kier molecular flexibility index (Phi) is 6.94. The fraction of sp³-hybridized carbons (Fsp3) is 0.462. The molecule has 0 saturated carbocycles. The number of hydrogen-bond donors (Lipinski definition) is 0. The van der Waals surface area contributed by atoms with Crippen LogP contribution in [0.2, 0.25) is 5.02 Å². The van der Waals surface area contributed by atoms with E-state index in [-0.39, 0.29) is 24.2 Å². The average molecular weight is 324 g/mol. The van der Waals surface area contributed by atoms with Gasteiger partial charge in [-0.15, -0.1) is 24.0 Å². The predicted octanol–water partition coefficient (Wildman–Crippen LogP) is 2.64. The molecule has 0 radical (unpaired) electrons. The minimum atomic E-state index is 0. The molecule has 1 aromatic rings. The van der Waals surface area contributed by atoms with Crippen LogP contribution in [-0.4, -0.2) is 47.8 Å². The second kappa shape index (κ2) is 7.95.